The minimum Gasteiger partial charge on any atom is -0.451 e. The Morgan fingerprint density at radius 3 is 2.52 bits per heavy atom. The van der Waals surface area contributed by atoms with Crippen LogP contribution in [0, 0.1) is 6.92 Å². The second-order valence-electron chi connectivity index (χ2n) is 5.88. The van der Waals surface area contributed by atoms with Crippen molar-refractivity contribution in [2.45, 2.75) is 20.0 Å². The van der Waals surface area contributed by atoms with Crippen LogP contribution in [0.5, 0.6) is 0 Å². The number of carbonyl (C=O) groups excluding carboxylic acids is 2. The standard InChI is InChI=1S/C20H20N2O3/c1-12-18(14-8-4-7-11-17(14)22-12)19(23)13(2)25-20(24)15-9-5-6-10-16(15)21-3/h4-11,13,21-22H,1-3H3. The Kier molecular flexibility index (Phi) is 4.57. The lowest BCUT2D eigenvalue weighted by molar-refractivity contribution is 0.0320. The highest BCUT2D eigenvalue weighted by Gasteiger charge is 2.25. The first kappa shape index (κ1) is 16.8. The van der Waals surface area contributed by atoms with Gasteiger partial charge in [0.1, 0.15) is 0 Å². The van der Waals surface area contributed by atoms with E-state index in [4.69, 9.17) is 4.74 Å². The van der Waals surface area contributed by atoms with Crippen LogP contribution in [0.3, 0.4) is 0 Å². The van der Waals surface area contributed by atoms with Crippen molar-refractivity contribution in [3.05, 3.63) is 65.4 Å². The maximum atomic E-state index is 12.8. The number of ether oxygens (including phenoxy) is 1. The van der Waals surface area contributed by atoms with Crippen LogP contribution in [0.1, 0.15) is 33.3 Å². The zero-order valence-electron chi connectivity index (χ0n) is 14.4. The molecule has 128 valence electrons. The monoisotopic (exact) mass is 336 g/mol. The number of hydrogen-bond donors (Lipinski definition) is 2. The first-order chi connectivity index (χ1) is 12.0. The summed E-state index contributed by atoms with van der Waals surface area (Å²) in [6, 6.07) is 14.6. The van der Waals surface area contributed by atoms with Gasteiger partial charge in [0.25, 0.3) is 0 Å². The molecule has 0 bridgehead atoms. The summed E-state index contributed by atoms with van der Waals surface area (Å²) in [6.45, 7) is 3.45. The molecule has 0 saturated carbocycles. The quantitative estimate of drug-likeness (QED) is 0.547. The van der Waals surface area contributed by atoms with Gasteiger partial charge in [0.15, 0.2) is 6.10 Å². The Hall–Kier alpha value is -3.08. The summed E-state index contributed by atoms with van der Waals surface area (Å²) in [6.07, 6.45) is -0.879. The first-order valence-electron chi connectivity index (χ1n) is 8.12. The summed E-state index contributed by atoms with van der Waals surface area (Å²) in [5.74, 6) is -0.742. The zero-order valence-corrected chi connectivity index (χ0v) is 14.4. The fraction of sp³-hybridized carbons (Fsp3) is 0.200. The highest BCUT2D eigenvalue weighted by molar-refractivity contribution is 6.12. The molecular weight excluding hydrogens is 316 g/mol. The predicted octanol–water partition coefficient (Wildman–Crippen LogP) is 3.95. The molecule has 0 saturated heterocycles. The Bertz CT molecular complexity index is 943. The summed E-state index contributed by atoms with van der Waals surface area (Å²) in [4.78, 5) is 28.5. The van der Waals surface area contributed by atoms with Crippen molar-refractivity contribution in [1.82, 2.24) is 4.98 Å². The summed E-state index contributed by atoms with van der Waals surface area (Å²) in [5, 5.41) is 3.79. The van der Waals surface area contributed by atoms with Gasteiger partial charge in [0.05, 0.1) is 5.56 Å². The van der Waals surface area contributed by atoms with Crippen LogP contribution in [-0.2, 0) is 4.74 Å². The number of para-hydroxylation sites is 2. The summed E-state index contributed by atoms with van der Waals surface area (Å²) in [5.41, 5.74) is 3.29. The predicted molar refractivity (Wildman–Crippen MR) is 98.2 cm³/mol. The number of rotatable bonds is 5. The molecule has 1 aromatic heterocycles. The van der Waals surface area contributed by atoms with Gasteiger partial charge in [0, 0.05) is 34.9 Å². The van der Waals surface area contributed by atoms with E-state index < -0.39 is 12.1 Å². The molecule has 1 heterocycles. The van der Waals surface area contributed by atoms with Gasteiger partial charge < -0.3 is 15.0 Å². The molecule has 0 aliphatic heterocycles. The molecule has 3 aromatic rings. The van der Waals surface area contributed by atoms with Gasteiger partial charge >= 0.3 is 5.97 Å². The number of anilines is 1. The number of benzene rings is 2. The number of fused-ring (bicyclic) bond motifs is 1. The molecule has 0 radical (unpaired) electrons. The Morgan fingerprint density at radius 1 is 1.08 bits per heavy atom. The molecule has 0 spiro atoms. The van der Waals surface area contributed by atoms with Crippen molar-refractivity contribution in [1.29, 1.82) is 0 Å². The van der Waals surface area contributed by atoms with Crippen molar-refractivity contribution >= 4 is 28.3 Å². The number of Topliss-reactive ketones (excluding diaryl/α,β-unsaturated/α-hetero) is 1. The molecule has 2 aromatic carbocycles. The molecule has 0 aliphatic rings. The van der Waals surface area contributed by atoms with Crippen LogP contribution in [0.4, 0.5) is 5.69 Å². The number of carbonyl (C=O) groups is 2. The van der Waals surface area contributed by atoms with Crippen molar-refractivity contribution < 1.29 is 14.3 Å². The highest BCUT2D eigenvalue weighted by Crippen LogP contribution is 2.24. The topological polar surface area (TPSA) is 71.2 Å². The largest absolute Gasteiger partial charge is 0.451 e. The Morgan fingerprint density at radius 2 is 1.76 bits per heavy atom. The maximum Gasteiger partial charge on any atom is 0.340 e. The maximum absolute atomic E-state index is 12.8. The van der Waals surface area contributed by atoms with E-state index in [1.165, 1.54) is 0 Å². The minimum atomic E-state index is -0.879. The number of aryl methyl sites for hydroxylation is 1. The summed E-state index contributed by atoms with van der Waals surface area (Å²) >= 11 is 0. The smallest absolute Gasteiger partial charge is 0.340 e. The van der Waals surface area contributed by atoms with Gasteiger partial charge in [-0.1, -0.05) is 30.3 Å². The van der Waals surface area contributed by atoms with Gasteiger partial charge in [0.2, 0.25) is 5.78 Å². The van der Waals surface area contributed by atoms with Gasteiger partial charge in [-0.05, 0) is 32.0 Å². The van der Waals surface area contributed by atoms with E-state index in [2.05, 4.69) is 10.3 Å². The Balaban J connectivity index is 1.85. The van der Waals surface area contributed by atoms with E-state index in [1.54, 1.807) is 32.2 Å². The average molecular weight is 336 g/mol. The molecule has 1 atom stereocenters. The second kappa shape index (κ2) is 6.81. The van der Waals surface area contributed by atoms with E-state index in [0.717, 1.165) is 16.6 Å². The second-order valence-corrected chi connectivity index (χ2v) is 5.88. The summed E-state index contributed by atoms with van der Waals surface area (Å²) < 4.78 is 5.43. The number of aromatic nitrogens is 1. The minimum absolute atomic E-state index is 0.217. The fourth-order valence-electron chi connectivity index (χ4n) is 2.95. The molecule has 0 aliphatic carbocycles. The van der Waals surface area contributed by atoms with E-state index in [9.17, 15) is 9.59 Å². The third kappa shape index (κ3) is 3.13. The number of aromatic amines is 1. The van der Waals surface area contributed by atoms with Crippen LogP contribution in [-0.4, -0.2) is 29.9 Å². The zero-order chi connectivity index (χ0) is 18.0. The molecular formula is C20H20N2O3. The van der Waals surface area contributed by atoms with Crippen LogP contribution in [0.25, 0.3) is 10.9 Å². The highest BCUT2D eigenvalue weighted by atomic mass is 16.5. The van der Waals surface area contributed by atoms with Gasteiger partial charge in [-0.25, -0.2) is 4.79 Å². The van der Waals surface area contributed by atoms with Gasteiger partial charge in [-0.2, -0.15) is 0 Å². The van der Waals surface area contributed by atoms with Crippen LogP contribution < -0.4 is 5.32 Å². The fourth-order valence-corrected chi connectivity index (χ4v) is 2.95. The molecule has 2 N–H and O–H groups in total. The van der Waals surface area contributed by atoms with Crippen molar-refractivity contribution in [3.63, 3.8) is 0 Å². The van der Waals surface area contributed by atoms with Crippen LogP contribution in [0.15, 0.2) is 48.5 Å². The van der Waals surface area contributed by atoms with Gasteiger partial charge in [-0.15, -0.1) is 0 Å². The van der Waals surface area contributed by atoms with E-state index >= 15 is 0 Å². The van der Waals surface area contributed by atoms with Crippen LogP contribution >= 0.6 is 0 Å². The SMILES string of the molecule is CNc1ccccc1C(=O)OC(C)C(=O)c1c(C)[nH]c2ccccc12. The number of H-pyrrole nitrogens is 1. The van der Waals surface area contributed by atoms with Gasteiger partial charge in [-0.3, -0.25) is 4.79 Å². The van der Waals surface area contributed by atoms with Crippen molar-refractivity contribution in [3.8, 4) is 0 Å². The lowest BCUT2D eigenvalue weighted by Gasteiger charge is -2.14. The lowest BCUT2D eigenvalue weighted by Crippen LogP contribution is -2.25. The molecule has 3 rings (SSSR count). The molecule has 0 fully saturated rings. The molecule has 1 unspecified atom stereocenters. The van der Waals surface area contributed by atoms with Crippen molar-refractivity contribution in [2.75, 3.05) is 12.4 Å². The van der Waals surface area contributed by atoms with E-state index in [-0.39, 0.29) is 5.78 Å². The summed E-state index contributed by atoms with van der Waals surface area (Å²) in [7, 11) is 1.73. The molecule has 5 heteroatoms. The third-order valence-corrected chi connectivity index (χ3v) is 4.21. The third-order valence-electron chi connectivity index (χ3n) is 4.21. The van der Waals surface area contributed by atoms with E-state index in [0.29, 0.717) is 16.8 Å². The average Bonchev–Trinajstić information content (AvgIpc) is 2.96. The lowest BCUT2D eigenvalue weighted by atomic mass is 10.0. The van der Waals surface area contributed by atoms with Crippen molar-refractivity contribution in [2.24, 2.45) is 0 Å². The molecule has 25 heavy (non-hydrogen) atoms. The number of nitrogens with one attached hydrogen (secondary N) is 2. The first-order valence-corrected chi connectivity index (χ1v) is 8.12. The normalized spacial score (nSPS) is 12.0. The molecule has 5 nitrogen and oxygen atoms in total. The number of hydrogen-bond acceptors (Lipinski definition) is 4. The molecule has 0 amide bonds. The Labute approximate surface area is 146 Å². The van der Waals surface area contributed by atoms with Crippen LogP contribution in [0.2, 0.25) is 0 Å². The van der Waals surface area contributed by atoms with E-state index in [1.807, 2.05) is 37.3 Å². The number of esters is 1. The number of ketones is 1.